The monoisotopic (exact) mass is 447 g/mol. The molecule has 0 aromatic heterocycles. The quantitative estimate of drug-likeness (QED) is 0.755. The number of amides is 2. The highest BCUT2D eigenvalue weighted by atomic mass is 32.2. The van der Waals surface area contributed by atoms with Gasteiger partial charge in [0.15, 0.2) is 0 Å². The lowest BCUT2D eigenvalue weighted by molar-refractivity contribution is -0.137. The molecule has 2 saturated heterocycles. The number of piperidine rings is 1. The predicted octanol–water partition coefficient (Wildman–Crippen LogP) is 1.37. The molecule has 31 heavy (non-hydrogen) atoms. The summed E-state index contributed by atoms with van der Waals surface area (Å²) >= 11 is 0. The Hall–Kier alpha value is -2.13. The molecule has 2 amide bonds. The van der Waals surface area contributed by atoms with Gasteiger partial charge in [-0.2, -0.15) is 4.31 Å². The van der Waals surface area contributed by atoms with Crippen molar-refractivity contribution in [2.24, 2.45) is 11.3 Å². The number of likely N-dealkylation sites (tertiary alicyclic amines) is 1. The first-order valence-electron chi connectivity index (χ1n) is 11.2. The topological polar surface area (TPSA) is 96.0 Å². The van der Waals surface area contributed by atoms with Crippen molar-refractivity contribution in [2.45, 2.75) is 49.5 Å². The normalized spacial score (nSPS) is 27.7. The zero-order valence-electron chi connectivity index (χ0n) is 17.6. The second-order valence-corrected chi connectivity index (χ2v) is 11.4. The summed E-state index contributed by atoms with van der Waals surface area (Å²) in [7, 11) is -3.64. The van der Waals surface area contributed by atoms with Gasteiger partial charge in [0.2, 0.25) is 21.8 Å². The number of hydrogen-bond donors (Lipinski definition) is 1. The molecule has 4 aliphatic rings. The molecule has 1 atom stereocenters. The van der Waals surface area contributed by atoms with Gasteiger partial charge in [0.1, 0.15) is 16.7 Å². The number of ether oxygens (including phenoxy) is 1. The Morgan fingerprint density at radius 3 is 2.58 bits per heavy atom. The molecule has 1 aromatic rings. The van der Waals surface area contributed by atoms with Crippen LogP contribution >= 0.6 is 0 Å². The molecule has 3 aliphatic heterocycles. The van der Waals surface area contributed by atoms with Crippen LogP contribution in [-0.2, 0) is 19.6 Å². The zero-order chi connectivity index (χ0) is 21.6. The fourth-order valence-corrected chi connectivity index (χ4v) is 6.69. The van der Waals surface area contributed by atoms with Crippen LogP contribution in [0.5, 0.6) is 5.75 Å². The van der Waals surface area contributed by atoms with Crippen LogP contribution < -0.4 is 10.1 Å². The van der Waals surface area contributed by atoms with Crippen LogP contribution in [0.25, 0.3) is 0 Å². The second-order valence-electron chi connectivity index (χ2n) is 9.46. The number of nitrogens with one attached hydrogen (secondary N) is 1. The van der Waals surface area contributed by atoms with Gasteiger partial charge in [0.05, 0.1) is 6.61 Å². The molecule has 0 radical (unpaired) electrons. The first-order chi connectivity index (χ1) is 14.9. The van der Waals surface area contributed by atoms with E-state index in [1.807, 2.05) is 4.90 Å². The summed E-state index contributed by atoms with van der Waals surface area (Å²) in [6, 6.07) is 6.46. The predicted molar refractivity (Wildman–Crippen MR) is 113 cm³/mol. The van der Waals surface area contributed by atoms with E-state index in [0.717, 1.165) is 12.8 Å². The Bertz CT molecular complexity index is 983. The van der Waals surface area contributed by atoms with Gasteiger partial charge in [0.25, 0.3) is 0 Å². The lowest BCUT2D eigenvalue weighted by atomic mass is 9.78. The molecule has 3 fully saturated rings. The van der Waals surface area contributed by atoms with Crippen LogP contribution in [-0.4, -0.2) is 68.3 Å². The van der Waals surface area contributed by atoms with Crippen LogP contribution in [0.2, 0.25) is 0 Å². The zero-order valence-corrected chi connectivity index (χ0v) is 18.4. The maximum Gasteiger partial charge on any atom is 0.246 e. The molecule has 0 bridgehead atoms. The lowest BCUT2D eigenvalue weighted by Crippen LogP contribution is -2.54. The van der Waals surface area contributed by atoms with E-state index < -0.39 is 16.1 Å². The van der Waals surface area contributed by atoms with Crippen molar-refractivity contribution in [3.05, 3.63) is 24.3 Å². The number of rotatable bonds is 3. The maximum absolute atomic E-state index is 13.5. The highest BCUT2D eigenvalue weighted by molar-refractivity contribution is 7.89. The van der Waals surface area contributed by atoms with Gasteiger partial charge in [0, 0.05) is 38.0 Å². The fraction of sp³-hybridized carbons (Fsp3) is 0.636. The van der Waals surface area contributed by atoms with Gasteiger partial charge < -0.3 is 15.0 Å². The molecule has 1 unspecified atom stereocenters. The van der Waals surface area contributed by atoms with Crippen molar-refractivity contribution in [2.75, 3.05) is 32.8 Å². The minimum Gasteiger partial charge on any atom is -0.492 e. The number of carbonyl (C=O) groups excluding carboxylic acids is 2. The number of fused-ring (bicyclic) bond motifs is 1. The molecular formula is C22H29N3O5S. The summed E-state index contributed by atoms with van der Waals surface area (Å²) in [6.45, 7) is 2.50. The van der Waals surface area contributed by atoms with Crippen LogP contribution in [0.15, 0.2) is 29.2 Å². The number of sulfonamides is 1. The van der Waals surface area contributed by atoms with Crippen molar-refractivity contribution in [3.63, 3.8) is 0 Å². The third-order valence-corrected chi connectivity index (χ3v) is 8.95. The summed E-state index contributed by atoms with van der Waals surface area (Å²) in [5.41, 5.74) is -0.328. The van der Waals surface area contributed by atoms with Crippen LogP contribution in [0.3, 0.4) is 0 Å². The van der Waals surface area contributed by atoms with Gasteiger partial charge in [-0.3, -0.25) is 9.59 Å². The first kappa shape index (κ1) is 20.8. The molecule has 8 nitrogen and oxygen atoms in total. The molecule has 1 aromatic carbocycles. The maximum atomic E-state index is 13.5. The van der Waals surface area contributed by atoms with Crippen molar-refractivity contribution in [1.82, 2.24) is 14.5 Å². The summed E-state index contributed by atoms with van der Waals surface area (Å²) in [6.07, 6.45) is 4.46. The standard InChI is InChI=1S/C22H29N3O5S/c26-20-8-7-17(23-20)21(27)24-11-9-22(10-12-24)14-25(13-16-5-6-16)31(28,29)19-4-2-1-3-18(19)30-15-22/h1-4,16-17H,5-15H2,(H,23,26). The summed E-state index contributed by atoms with van der Waals surface area (Å²) in [5, 5.41) is 2.76. The highest BCUT2D eigenvalue weighted by Gasteiger charge is 2.45. The van der Waals surface area contributed by atoms with Crippen molar-refractivity contribution in [1.29, 1.82) is 0 Å². The molecule has 168 valence electrons. The minimum atomic E-state index is -3.64. The Labute approximate surface area is 183 Å². The molecule has 9 heteroatoms. The molecule has 1 saturated carbocycles. The van der Waals surface area contributed by atoms with Crippen molar-refractivity contribution >= 4 is 21.8 Å². The number of carbonyl (C=O) groups is 2. The van der Waals surface area contributed by atoms with Crippen LogP contribution in [0.1, 0.15) is 38.5 Å². The van der Waals surface area contributed by atoms with Gasteiger partial charge in [-0.15, -0.1) is 0 Å². The minimum absolute atomic E-state index is 0.0275. The summed E-state index contributed by atoms with van der Waals surface area (Å²) in [4.78, 5) is 26.3. The molecule has 5 rings (SSSR count). The van der Waals surface area contributed by atoms with E-state index in [2.05, 4.69) is 5.32 Å². The van der Waals surface area contributed by atoms with Gasteiger partial charge in [-0.05, 0) is 50.2 Å². The van der Waals surface area contributed by atoms with Crippen LogP contribution in [0, 0.1) is 11.3 Å². The van der Waals surface area contributed by atoms with E-state index >= 15 is 0 Å². The fourth-order valence-electron chi connectivity index (χ4n) is 4.93. The third kappa shape index (κ3) is 4.05. The van der Waals surface area contributed by atoms with Gasteiger partial charge >= 0.3 is 0 Å². The van der Waals surface area contributed by atoms with Gasteiger partial charge in [-0.1, -0.05) is 12.1 Å². The third-order valence-electron chi connectivity index (χ3n) is 7.10. The SMILES string of the molecule is O=C1CCC(C(=O)N2CCC3(CC2)COc2ccccc2S(=O)(=O)N(CC2CC2)C3)N1. The Kier molecular flexibility index (Phi) is 5.21. The van der Waals surface area contributed by atoms with E-state index in [1.165, 1.54) is 0 Å². The van der Waals surface area contributed by atoms with E-state index in [0.29, 0.717) is 70.1 Å². The number of benzene rings is 1. The lowest BCUT2D eigenvalue weighted by Gasteiger charge is -2.45. The van der Waals surface area contributed by atoms with Crippen molar-refractivity contribution in [3.8, 4) is 5.75 Å². The average Bonchev–Trinajstić information content (AvgIpc) is 3.48. The van der Waals surface area contributed by atoms with E-state index in [4.69, 9.17) is 4.74 Å². The molecular weight excluding hydrogens is 418 g/mol. The summed E-state index contributed by atoms with van der Waals surface area (Å²) < 4.78 is 34.7. The molecule has 1 spiro atoms. The smallest absolute Gasteiger partial charge is 0.246 e. The molecule has 1 aliphatic carbocycles. The number of hydrogen-bond acceptors (Lipinski definition) is 5. The Morgan fingerprint density at radius 1 is 1.16 bits per heavy atom. The highest BCUT2D eigenvalue weighted by Crippen LogP contribution is 2.41. The molecule has 1 N–H and O–H groups in total. The average molecular weight is 448 g/mol. The molecule has 3 heterocycles. The van der Waals surface area contributed by atoms with E-state index in [9.17, 15) is 18.0 Å². The Balaban J connectivity index is 1.36. The van der Waals surface area contributed by atoms with Crippen LogP contribution in [0.4, 0.5) is 0 Å². The first-order valence-corrected chi connectivity index (χ1v) is 12.6. The van der Waals surface area contributed by atoms with Gasteiger partial charge in [-0.25, -0.2) is 8.42 Å². The second kappa shape index (κ2) is 7.78. The largest absolute Gasteiger partial charge is 0.492 e. The number of para-hydroxylation sites is 1. The summed E-state index contributed by atoms with van der Waals surface area (Å²) in [5.74, 6) is 0.752. The van der Waals surface area contributed by atoms with E-state index in [-0.39, 0.29) is 22.1 Å². The Morgan fingerprint density at radius 2 is 1.90 bits per heavy atom. The van der Waals surface area contributed by atoms with Crippen molar-refractivity contribution < 1.29 is 22.7 Å². The van der Waals surface area contributed by atoms with E-state index in [1.54, 1.807) is 28.6 Å². The number of nitrogens with zero attached hydrogens (tertiary/aromatic N) is 2.